The fraction of sp³-hybridized carbons (Fsp3) is 0.222. The van der Waals surface area contributed by atoms with Gasteiger partial charge in [-0.2, -0.15) is 0 Å². The van der Waals surface area contributed by atoms with Crippen molar-refractivity contribution in [3.05, 3.63) is 23.8 Å². The van der Waals surface area contributed by atoms with Gasteiger partial charge in [0.15, 0.2) is 0 Å². The molecule has 0 bridgehead atoms. The van der Waals surface area contributed by atoms with E-state index in [4.69, 9.17) is 0 Å². The standard InChI is InChI=1S/C9H14N4/c1-8(13-6-5-10-2)9(12-4)7-11-3/h5-7,13H,2,4H2,1,3H3/b6-5-,9-8?,11-7?. The van der Waals surface area contributed by atoms with Crippen LogP contribution in [0.2, 0.25) is 0 Å². The van der Waals surface area contributed by atoms with Crippen molar-refractivity contribution in [3.63, 3.8) is 0 Å². The molecule has 13 heavy (non-hydrogen) atoms. The minimum Gasteiger partial charge on any atom is -0.362 e. The maximum Gasteiger partial charge on any atom is 0.0989 e. The van der Waals surface area contributed by atoms with Crippen LogP contribution in [0.1, 0.15) is 6.92 Å². The van der Waals surface area contributed by atoms with Gasteiger partial charge in [0.2, 0.25) is 0 Å². The number of hydrogen-bond donors (Lipinski definition) is 1. The fourth-order valence-corrected chi connectivity index (χ4v) is 0.667. The molecule has 0 aliphatic carbocycles. The fourth-order valence-electron chi connectivity index (χ4n) is 0.667. The highest BCUT2D eigenvalue weighted by Gasteiger charge is 1.93. The molecule has 4 heteroatoms. The van der Waals surface area contributed by atoms with Crippen molar-refractivity contribution < 1.29 is 0 Å². The van der Waals surface area contributed by atoms with Crippen molar-refractivity contribution in [1.82, 2.24) is 5.32 Å². The summed E-state index contributed by atoms with van der Waals surface area (Å²) in [4.78, 5) is 11.2. The highest BCUT2D eigenvalue weighted by Crippen LogP contribution is 1.98. The molecule has 0 saturated carbocycles. The predicted octanol–water partition coefficient (Wildman–Crippen LogP) is 1.38. The lowest BCUT2D eigenvalue weighted by Gasteiger charge is -2.01. The van der Waals surface area contributed by atoms with Crippen LogP contribution in [0.25, 0.3) is 0 Å². The summed E-state index contributed by atoms with van der Waals surface area (Å²) in [7, 11) is 1.68. The third kappa shape index (κ3) is 4.68. The van der Waals surface area contributed by atoms with Gasteiger partial charge < -0.3 is 5.32 Å². The van der Waals surface area contributed by atoms with Crippen molar-refractivity contribution in [2.45, 2.75) is 6.92 Å². The lowest BCUT2D eigenvalue weighted by molar-refractivity contribution is 1.03. The molecule has 0 spiro atoms. The molecule has 0 fully saturated rings. The molecular formula is C9H14N4. The van der Waals surface area contributed by atoms with Crippen molar-refractivity contribution in [1.29, 1.82) is 0 Å². The monoisotopic (exact) mass is 178 g/mol. The van der Waals surface area contributed by atoms with E-state index in [2.05, 4.69) is 33.7 Å². The van der Waals surface area contributed by atoms with Gasteiger partial charge >= 0.3 is 0 Å². The second-order valence-corrected chi connectivity index (χ2v) is 2.20. The van der Waals surface area contributed by atoms with E-state index in [0.717, 1.165) is 5.70 Å². The van der Waals surface area contributed by atoms with Crippen molar-refractivity contribution in [2.75, 3.05) is 7.05 Å². The molecule has 0 aliphatic heterocycles. The zero-order valence-corrected chi connectivity index (χ0v) is 7.99. The van der Waals surface area contributed by atoms with Gasteiger partial charge in [-0.3, -0.25) is 15.0 Å². The smallest absolute Gasteiger partial charge is 0.0989 e. The zero-order valence-electron chi connectivity index (χ0n) is 7.99. The summed E-state index contributed by atoms with van der Waals surface area (Å²) >= 11 is 0. The molecule has 1 N–H and O–H groups in total. The van der Waals surface area contributed by atoms with E-state index in [1.54, 1.807) is 25.7 Å². The van der Waals surface area contributed by atoms with E-state index in [-0.39, 0.29) is 0 Å². The molecule has 0 heterocycles. The van der Waals surface area contributed by atoms with Gasteiger partial charge in [0, 0.05) is 31.4 Å². The number of nitrogens with one attached hydrogen (secondary N) is 1. The first kappa shape index (κ1) is 11.3. The number of rotatable bonds is 5. The second kappa shape index (κ2) is 6.97. The van der Waals surface area contributed by atoms with Crippen molar-refractivity contribution in [3.8, 4) is 0 Å². The van der Waals surface area contributed by atoms with Gasteiger partial charge in [0.05, 0.1) is 5.70 Å². The average Bonchev–Trinajstić information content (AvgIpc) is 2.14. The lowest BCUT2D eigenvalue weighted by atomic mass is 10.3. The first-order valence-corrected chi connectivity index (χ1v) is 3.73. The minimum absolute atomic E-state index is 0.705. The Kier molecular flexibility index (Phi) is 6.05. The van der Waals surface area contributed by atoms with E-state index < -0.39 is 0 Å². The summed E-state index contributed by atoms with van der Waals surface area (Å²) in [5, 5.41) is 2.96. The van der Waals surface area contributed by atoms with Gasteiger partial charge in [0.25, 0.3) is 0 Å². The average molecular weight is 178 g/mol. The highest BCUT2D eigenvalue weighted by molar-refractivity contribution is 5.80. The molecule has 0 unspecified atom stereocenters. The molecule has 4 nitrogen and oxygen atoms in total. The SMILES string of the molecule is C=N/C=C\NC(C)=C(C=NC)N=C. The summed E-state index contributed by atoms with van der Waals surface area (Å²) in [6, 6.07) is 0. The Morgan fingerprint density at radius 3 is 2.54 bits per heavy atom. The summed E-state index contributed by atoms with van der Waals surface area (Å²) in [6.07, 6.45) is 4.84. The molecule has 0 rings (SSSR count). The van der Waals surface area contributed by atoms with Crippen LogP contribution in [0.3, 0.4) is 0 Å². The van der Waals surface area contributed by atoms with E-state index in [9.17, 15) is 0 Å². The van der Waals surface area contributed by atoms with Crippen LogP contribution >= 0.6 is 0 Å². The number of aliphatic imine (C=N–C) groups is 3. The van der Waals surface area contributed by atoms with Crippen LogP contribution in [-0.4, -0.2) is 26.7 Å². The molecule has 0 aliphatic rings. The Morgan fingerprint density at radius 2 is 2.08 bits per heavy atom. The number of allylic oxidation sites excluding steroid dienone is 2. The van der Waals surface area contributed by atoms with Gasteiger partial charge in [-0.25, -0.2) is 0 Å². The Bertz CT molecular complexity index is 261. The first-order valence-electron chi connectivity index (χ1n) is 3.73. The van der Waals surface area contributed by atoms with Crippen LogP contribution < -0.4 is 5.32 Å². The molecule has 0 aromatic rings. The zero-order chi connectivity index (χ0) is 10.1. The molecule has 0 radical (unpaired) electrons. The van der Waals surface area contributed by atoms with Gasteiger partial charge in [0.1, 0.15) is 0 Å². The van der Waals surface area contributed by atoms with E-state index >= 15 is 0 Å². The predicted molar refractivity (Wildman–Crippen MR) is 58.5 cm³/mol. The topological polar surface area (TPSA) is 49.1 Å². The summed E-state index contributed by atoms with van der Waals surface area (Å²) in [6.45, 7) is 8.61. The normalized spacial score (nSPS) is 13.1. The van der Waals surface area contributed by atoms with Crippen LogP contribution in [0.5, 0.6) is 0 Å². The Labute approximate surface area is 78.5 Å². The Balaban J connectivity index is 4.46. The maximum absolute atomic E-state index is 3.84. The largest absolute Gasteiger partial charge is 0.362 e. The van der Waals surface area contributed by atoms with Crippen LogP contribution in [0.4, 0.5) is 0 Å². The highest BCUT2D eigenvalue weighted by atomic mass is 14.9. The van der Waals surface area contributed by atoms with E-state index in [1.165, 1.54) is 0 Å². The van der Waals surface area contributed by atoms with E-state index in [0.29, 0.717) is 5.70 Å². The molecule has 70 valence electrons. The van der Waals surface area contributed by atoms with Crippen molar-refractivity contribution >= 4 is 19.6 Å². The summed E-state index contributed by atoms with van der Waals surface area (Å²) in [5.41, 5.74) is 1.57. The summed E-state index contributed by atoms with van der Waals surface area (Å²) < 4.78 is 0. The maximum atomic E-state index is 3.84. The summed E-state index contributed by atoms with van der Waals surface area (Å²) in [5.74, 6) is 0. The van der Waals surface area contributed by atoms with Crippen LogP contribution in [-0.2, 0) is 0 Å². The molecule has 0 aromatic heterocycles. The third-order valence-corrected chi connectivity index (χ3v) is 1.29. The van der Waals surface area contributed by atoms with E-state index in [1.807, 2.05) is 6.92 Å². The molecular weight excluding hydrogens is 164 g/mol. The van der Waals surface area contributed by atoms with Crippen LogP contribution in [0.15, 0.2) is 38.8 Å². The molecule has 0 atom stereocenters. The van der Waals surface area contributed by atoms with Crippen molar-refractivity contribution in [2.24, 2.45) is 15.0 Å². The minimum atomic E-state index is 0.705. The molecule has 0 saturated heterocycles. The quantitative estimate of drug-likeness (QED) is 0.635. The molecule has 0 amide bonds. The van der Waals surface area contributed by atoms with Gasteiger partial charge in [-0.1, -0.05) is 0 Å². The Morgan fingerprint density at radius 1 is 1.38 bits per heavy atom. The Hall–Kier alpha value is -1.71. The van der Waals surface area contributed by atoms with Gasteiger partial charge in [-0.05, 0) is 20.4 Å². The first-order chi connectivity index (χ1) is 6.26. The molecule has 0 aromatic carbocycles. The number of nitrogens with zero attached hydrogens (tertiary/aromatic N) is 3. The lowest BCUT2D eigenvalue weighted by Crippen LogP contribution is -2.04. The van der Waals surface area contributed by atoms with Gasteiger partial charge in [-0.15, -0.1) is 0 Å². The van der Waals surface area contributed by atoms with Crippen LogP contribution in [0, 0.1) is 0 Å². The number of hydrogen-bond acceptors (Lipinski definition) is 4. The second-order valence-electron chi connectivity index (χ2n) is 2.20. The third-order valence-electron chi connectivity index (χ3n) is 1.29.